The lowest BCUT2D eigenvalue weighted by Gasteiger charge is -2.14. The largest absolute Gasteiger partial charge is 0.493 e. The van der Waals surface area contributed by atoms with E-state index >= 15 is 0 Å². The molecule has 206 valence electrons. The Hall–Kier alpha value is -5.25. The molecule has 0 aliphatic carbocycles. The third-order valence-electron chi connectivity index (χ3n) is 5.92. The van der Waals surface area contributed by atoms with Gasteiger partial charge in [-0.15, -0.1) is 0 Å². The van der Waals surface area contributed by atoms with E-state index < -0.39 is 5.97 Å². The van der Waals surface area contributed by atoms with Gasteiger partial charge in [-0.25, -0.2) is 10.2 Å². The summed E-state index contributed by atoms with van der Waals surface area (Å²) in [6.07, 6.45) is 1.46. The van der Waals surface area contributed by atoms with Gasteiger partial charge in [0, 0.05) is 11.1 Å². The Morgan fingerprint density at radius 2 is 1.48 bits per heavy atom. The summed E-state index contributed by atoms with van der Waals surface area (Å²) in [5, 5.41) is 9.26. The summed E-state index contributed by atoms with van der Waals surface area (Å²) in [5.74, 6) is 0.537. The molecule has 10 nitrogen and oxygen atoms in total. The lowest BCUT2D eigenvalue weighted by Crippen LogP contribution is -2.25. The number of rotatable bonds is 11. The van der Waals surface area contributed by atoms with Crippen LogP contribution in [0.4, 0.5) is 5.69 Å². The third-order valence-corrected chi connectivity index (χ3v) is 5.92. The van der Waals surface area contributed by atoms with Crippen molar-refractivity contribution in [2.24, 2.45) is 5.10 Å². The van der Waals surface area contributed by atoms with Crippen molar-refractivity contribution in [2.45, 2.75) is 0 Å². The highest BCUT2D eigenvalue weighted by atomic mass is 16.6. The highest BCUT2D eigenvalue weighted by molar-refractivity contribution is 5.95. The Kier molecular flexibility index (Phi) is 9.03. The summed E-state index contributed by atoms with van der Waals surface area (Å²) in [6, 6.07) is 21.6. The summed E-state index contributed by atoms with van der Waals surface area (Å²) in [5.41, 5.74) is 4.17. The fourth-order valence-electron chi connectivity index (χ4n) is 3.98. The zero-order valence-corrected chi connectivity index (χ0v) is 22.5. The van der Waals surface area contributed by atoms with Crippen LogP contribution in [0.2, 0.25) is 0 Å². The number of esters is 1. The number of carbonyl (C=O) groups excluding carboxylic acids is 2. The van der Waals surface area contributed by atoms with Gasteiger partial charge in [0.2, 0.25) is 5.75 Å². The first-order valence-electron chi connectivity index (χ1n) is 12.2. The summed E-state index contributed by atoms with van der Waals surface area (Å²) < 4.78 is 26.9. The van der Waals surface area contributed by atoms with E-state index in [0.717, 1.165) is 16.5 Å². The summed E-state index contributed by atoms with van der Waals surface area (Å²) in [7, 11) is 5.84. The van der Waals surface area contributed by atoms with Crippen LogP contribution < -0.4 is 34.4 Å². The van der Waals surface area contributed by atoms with Gasteiger partial charge in [-0.05, 0) is 47.3 Å². The molecular formula is C30H29N3O7. The van der Waals surface area contributed by atoms with Crippen LogP contribution in [-0.4, -0.2) is 53.1 Å². The predicted octanol–water partition coefficient (Wildman–Crippen LogP) is 4.66. The van der Waals surface area contributed by atoms with Crippen molar-refractivity contribution in [1.29, 1.82) is 0 Å². The van der Waals surface area contributed by atoms with E-state index in [4.69, 9.17) is 23.7 Å². The van der Waals surface area contributed by atoms with Crippen LogP contribution in [0.5, 0.6) is 28.7 Å². The van der Waals surface area contributed by atoms with Gasteiger partial charge in [-0.2, -0.15) is 5.10 Å². The molecule has 0 atom stereocenters. The van der Waals surface area contributed by atoms with Crippen LogP contribution >= 0.6 is 0 Å². The van der Waals surface area contributed by atoms with Crippen molar-refractivity contribution >= 4 is 34.6 Å². The number of ether oxygens (including phenoxy) is 5. The van der Waals surface area contributed by atoms with Crippen molar-refractivity contribution in [1.82, 2.24) is 5.43 Å². The van der Waals surface area contributed by atoms with Gasteiger partial charge >= 0.3 is 5.97 Å². The van der Waals surface area contributed by atoms with Gasteiger partial charge in [-0.3, -0.25) is 4.79 Å². The van der Waals surface area contributed by atoms with Gasteiger partial charge in [-0.1, -0.05) is 36.4 Å². The minimum absolute atomic E-state index is 0.0461. The van der Waals surface area contributed by atoms with Crippen LogP contribution in [0.25, 0.3) is 10.8 Å². The molecule has 0 saturated heterocycles. The minimum Gasteiger partial charge on any atom is -0.493 e. The second-order valence-electron chi connectivity index (χ2n) is 8.39. The number of hydrogen-bond acceptors (Lipinski definition) is 9. The Bertz CT molecular complexity index is 1520. The van der Waals surface area contributed by atoms with E-state index in [1.807, 2.05) is 42.5 Å². The Labute approximate surface area is 231 Å². The molecular weight excluding hydrogens is 514 g/mol. The second-order valence-corrected chi connectivity index (χ2v) is 8.39. The zero-order valence-electron chi connectivity index (χ0n) is 22.5. The number of carbonyl (C=O) groups is 2. The molecule has 4 aromatic rings. The summed E-state index contributed by atoms with van der Waals surface area (Å²) in [4.78, 5) is 25.2. The van der Waals surface area contributed by atoms with Crippen molar-refractivity contribution in [2.75, 3.05) is 40.3 Å². The van der Waals surface area contributed by atoms with Crippen molar-refractivity contribution < 1.29 is 33.3 Å². The third kappa shape index (κ3) is 6.41. The number of benzene rings is 4. The molecule has 0 aromatic heterocycles. The molecule has 10 heteroatoms. The molecule has 0 radical (unpaired) electrons. The number of amides is 1. The molecule has 0 unspecified atom stereocenters. The first-order valence-corrected chi connectivity index (χ1v) is 12.2. The lowest BCUT2D eigenvalue weighted by atomic mass is 10.1. The molecule has 0 aliphatic rings. The second kappa shape index (κ2) is 13.0. The fourth-order valence-corrected chi connectivity index (χ4v) is 3.98. The van der Waals surface area contributed by atoms with Crippen molar-refractivity contribution in [3.63, 3.8) is 0 Å². The highest BCUT2D eigenvalue weighted by Crippen LogP contribution is 2.39. The minimum atomic E-state index is -0.648. The fraction of sp³-hybridized carbons (Fsp3) is 0.167. The van der Waals surface area contributed by atoms with E-state index in [9.17, 15) is 9.59 Å². The average Bonchev–Trinajstić information content (AvgIpc) is 2.99. The molecule has 0 fully saturated rings. The molecule has 1 amide bonds. The number of hydrogen-bond donors (Lipinski definition) is 2. The molecule has 2 N–H and O–H groups in total. The van der Waals surface area contributed by atoms with Gasteiger partial charge in [0.05, 0.1) is 46.8 Å². The van der Waals surface area contributed by atoms with E-state index in [1.165, 1.54) is 46.8 Å². The average molecular weight is 544 g/mol. The number of methoxy groups -OCH3 is 4. The first-order chi connectivity index (χ1) is 19.5. The van der Waals surface area contributed by atoms with Crippen LogP contribution in [0.1, 0.15) is 15.9 Å². The predicted molar refractivity (Wildman–Crippen MR) is 152 cm³/mol. The molecule has 40 heavy (non-hydrogen) atoms. The Morgan fingerprint density at radius 3 is 2.17 bits per heavy atom. The first kappa shape index (κ1) is 27.8. The maximum absolute atomic E-state index is 12.9. The number of nitrogens with one attached hydrogen (secondary N) is 2. The van der Waals surface area contributed by atoms with Gasteiger partial charge in [0.25, 0.3) is 5.91 Å². The molecule has 0 bridgehead atoms. The van der Waals surface area contributed by atoms with Crippen LogP contribution in [-0.2, 0) is 4.79 Å². The van der Waals surface area contributed by atoms with Crippen LogP contribution in [0.3, 0.4) is 0 Å². The topological polar surface area (TPSA) is 117 Å². The van der Waals surface area contributed by atoms with Crippen LogP contribution in [0, 0.1) is 0 Å². The molecule has 0 spiro atoms. The summed E-state index contributed by atoms with van der Waals surface area (Å²) >= 11 is 0. The van der Waals surface area contributed by atoms with E-state index in [1.54, 1.807) is 18.2 Å². The standard InChI is InChI=1S/C30H29N3O7/c1-36-25-14-19(17-32-33-28(34)18-31-23-11-7-9-20-8-5-6-10-22(20)23)12-13-24(25)40-30(35)21-15-26(37-2)29(39-4)27(16-21)38-3/h5-17,31H,18H2,1-4H3,(H,33,34). The molecule has 0 heterocycles. The smallest absolute Gasteiger partial charge is 0.343 e. The van der Waals surface area contributed by atoms with Crippen molar-refractivity contribution in [3.05, 3.63) is 83.9 Å². The maximum atomic E-state index is 12.9. The van der Waals surface area contributed by atoms with E-state index in [-0.39, 0.29) is 23.8 Å². The van der Waals surface area contributed by atoms with Gasteiger partial charge < -0.3 is 29.0 Å². The quantitative estimate of drug-likeness (QED) is 0.122. The van der Waals surface area contributed by atoms with E-state index in [2.05, 4.69) is 15.8 Å². The van der Waals surface area contributed by atoms with Gasteiger partial charge in [0.15, 0.2) is 23.0 Å². The van der Waals surface area contributed by atoms with Gasteiger partial charge in [0.1, 0.15) is 0 Å². The number of fused-ring (bicyclic) bond motifs is 1. The lowest BCUT2D eigenvalue weighted by molar-refractivity contribution is -0.119. The van der Waals surface area contributed by atoms with Crippen molar-refractivity contribution in [3.8, 4) is 28.7 Å². The molecule has 4 aromatic carbocycles. The molecule has 0 saturated carbocycles. The normalized spacial score (nSPS) is 10.7. The SMILES string of the molecule is COc1cc(C=NNC(=O)CNc2cccc3ccccc23)ccc1OC(=O)c1cc(OC)c(OC)c(OC)c1. The molecule has 0 aliphatic heterocycles. The molecule has 4 rings (SSSR count). The highest BCUT2D eigenvalue weighted by Gasteiger charge is 2.19. The number of nitrogens with zero attached hydrogens (tertiary/aromatic N) is 1. The number of anilines is 1. The van der Waals surface area contributed by atoms with E-state index in [0.29, 0.717) is 28.6 Å². The summed E-state index contributed by atoms with van der Waals surface area (Å²) in [6.45, 7) is 0.0461. The number of hydrazone groups is 1. The maximum Gasteiger partial charge on any atom is 0.343 e. The Morgan fingerprint density at radius 1 is 0.775 bits per heavy atom. The monoisotopic (exact) mass is 543 g/mol. The van der Waals surface area contributed by atoms with Crippen LogP contribution in [0.15, 0.2) is 77.9 Å². The Balaban J connectivity index is 1.38. The zero-order chi connectivity index (χ0) is 28.5.